The minimum Gasteiger partial charge on any atom is -0.481 e. The van der Waals surface area contributed by atoms with Crippen LogP contribution in [0.5, 0.6) is 0 Å². The summed E-state index contributed by atoms with van der Waals surface area (Å²) < 4.78 is 4.91. The van der Waals surface area contributed by atoms with E-state index in [1.54, 1.807) is 23.5 Å². The molecule has 0 saturated carbocycles. The maximum absolute atomic E-state index is 11.6. The van der Waals surface area contributed by atoms with Gasteiger partial charge in [0.05, 0.1) is 18.4 Å². The van der Waals surface area contributed by atoms with Crippen molar-refractivity contribution in [1.29, 1.82) is 0 Å². The molecule has 0 spiro atoms. The van der Waals surface area contributed by atoms with Crippen molar-refractivity contribution in [3.63, 3.8) is 0 Å². The Morgan fingerprint density at radius 1 is 1.62 bits per heavy atom. The Labute approximate surface area is 92.7 Å². The molecule has 1 amide bonds. The van der Waals surface area contributed by atoms with E-state index in [1.807, 2.05) is 0 Å². The maximum atomic E-state index is 11.6. The quantitative estimate of drug-likeness (QED) is 0.833. The van der Waals surface area contributed by atoms with E-state index in [9.17, 15) is 9.59 Å². The predicted octanol–water partition coefficient (Wildman–Crippen LogP) is 1.10. The largest absolute Gasteiger partial charge is 0.481 e. The van der Waals surface area contributed by atoms with Crippen LogP contribution in [-0.4, -0.2) is 28.4 Å². The van der Waals surface area contributed by atoms with Crippen LogP contribution in [0.2, 0.25) is 0 Å². The van der Waals surface area contributed by atoms with Crippen LogP contribution in [0.3, 0.4) is 0 Å². The summed E-state index contributed by atoms with van der Waals surface area (Å²) in [5.74, 6) is -1.26. The monoisotopic (exact) mass is 223 g/mol. The molecule has 2 rings (SSSR count). The van der Waals surface area contributed by atoms with Crippen LogP contribution in [0.4, 0.5) is 0 Å². The van der Waals surface area contributed by atoms with Gasteiger partial charge in [0.2, 0.25) is 5.91 Å². The molecule has 1 aliphatic rings. The number of carbonyl (C=O) groups excluding carboxylic acids is 1. The van der Waals surface area contributed by atoms with Crippen molar-refractivity contribution in [1.82, 2.24) is 4.90 Å². The van der Waals surface area contributed by atoms with E-state index >= 15 is 0 Å². The summed E-state index contributed by atoms with van der Waals surface area (Å²) in [5.41, 5.74) is 0.888. The van der Waals surface area contributed by atoms with Gasteiger partial charge in [-0.05, 0) is 12.5 Å². The Balaban J connectivity index is 2.01. The predicted molar refractivity (Wildman–Crippen MR) is 54.5 cm³/mol. The fourth-order valence-corrected chi connectivity index (χ4v) is 1.87. The summed E-state index contributed by atoms with van der Waals surface area (Å²) in [5, 5.41) is 8.91. The summed E-state index contributed by atoms with van der Waals surface area (Å²) in [6.45, 7) is 0.721. The third kappa shape index (κ3) is 2.24. The number of furan rings is 1. The smallest absolute Gasteiger partial charge is 0.308 e. The van der Waals surface area contributed by atoms with Gasteiger partial charge in [-0.25, -0.2) is 0 Å². The van der Waals surface area contributed by atoms with Crippen LogP contribution in [0.25, 0.3) is 0 Å². The molecule has 0 bridgehead atoms. The van der Waals surface area contributed by atoms with Crippen LogP contribution < -0.4 is 0 Å². The molecule has 1 fully saturated rings. The summed E-state index contributed by atoms with van der Waals surface area (Å²) in [6.07, 6.45) is 3.86. The molecule has 86 valence electrons. The number of carbonyl (C=O) groups is 2. The first-order valence-electron chi connectivity index (χ1n) is 5.18. The van der Waals surface area contributed by atoms with E-state index in [0.717, 1.165) is 5.56 Å². The normalized spacial score (nSPS) is 21.1. The maximum Gasteiger partial charge on any atom is 0.308 e. The van der Waals surface area contributed by atoms with E-state index in [-0.39, 0.29) is 5.91 Å². The average molecular weight is 223 g/mol. The number of carboxylic acid groups (broad SMARTS) is 1. The molecule has 0 radical (unpaired) electrons. The zero-order valence-corrected chi connectivity index (χ0v) is 8.76. The number of carboxylic acids is 1. The third-order valence-electron chi connectivity index (χ3n) is 2.80. The first kappa shape index (κ1) is 10.7. The van der Waals surface area contributed by atoms with Gasteiger partial charge in [0.15, 0.2) is 0 Å². The average Bonchev–Trinajstić information content (AvgIpc) is 2.73. The lowest BCUT2D eigenvalue weighted by molar-refractivity contribution is -0.147. The van der Waals surface area contributed by atoms with E-state index in [0.29, 0.717) is 25.9 Å². The van der Waals surface area contributed by atoms with Crippen molar-refractivity contribution in [2.24, 2.45) is 5.92 Å². The highest BCUT2D eigenvalue weighted by atomic mass is 16.4. The highest BCUT2D eigenvalue weighted by Gasteiger charge is 2.29. The highest BCUT2D eigenvalue weighted by molar-refractivity contribution is 5.80. The fraction of sp³-hybridized carbons (Fsp3) is 0.455. The standard InChI is InChI=1S/C11H13NO4/c13-10-2-1-9(11(14)15)6-12(10)5-8-3-4-16-7-8/h3-4,7,9H,1-2,5-6H2,(H,14,15). The van der Waals surface area contributed by atoms with Gasteiger partial charge in [-0.15, -0.1) is 0 Å². The number of amides is 1. The van der Waals surface area contributed by atoms with Gasteiger partial charge in [0, 0.05) is 25.1 Å². The number of hydrogen-bond donors (Lipinski definition) is 1. The molecule has 0 aliphatic carbocycles. The molecule has 0 aromatic carbocycles. The van der Waals surface area contributed by atoms with Crippen molar-refractivity contribution < 1.29 is 19.1 Å². The van der Waals surface area contributed by atoms with Gasteiger partial charge in [0.1, 0.15) is 0 Å². The molecule has 2 heterocycles. The minimum absolute atomic E-state index is 0.0127. The van der Waals surface area contributed by atoms with Crippen molar-refractivity contribution in [3.05, 3.63) is 24.2 Å². The van der Waals surface area contributed by atoms with E-state index in [2.05, 4.69) is 0 Å². The van der Waals surface area contributed by atoms with E-state index in [1.165, 1.54) is 0 Å². The Hall–Kier alpha value is -1.78. The van der Waals surface area contributed by atoms with Gasteiger partial charge in [-0.3, -0.25) is 9.59 Å². The van der Waals surface area contributed by atoms with E-state index in [4.69, 9.17) is 9.52 Å². The number of likely N-dealkylation sites (tertiary alicyclic amines) is 1. The lowest BCUT2D eigenvalue weighted by Gasteiger charge is -2.30. The molecule has 16 heavy (non-hydrogen) atoms. The molecule has 5 nitrogen and oxygen atoms in total. The lowest BCUT2D eigenvalue weighted by atomic mass is 9.97. The zero-order valence-electron chi connectivity index (χ0n) is 8.76. The Morgan fingerprint density at radius 3 is 3.06 bits per heavy atom. The first-order chi connectivity index (χ1) is 7.66. The second-order valence-corrected chi connectivity index (χ2v) is 3.98. The molecule has 1 aromatic rings. The second-order valence-electron chi connectivity index (χ2n) is 3.98. The molecule has 5 heteroatoms. The Bertz CT molecular complexity index is 385. The summed E-state index contributed by atoms with van der Waals surface area (Å²) in [4.78, 5) is 24.0. The van der Waals surface area contributed by atoms with Gasteiger partial charge < -0.3 is 14.4 Å². The van der Waals surface area contributed by atoms with Gasteiger partial charge in [0.25, 0.3) is 0 Å². The Morgan fingerprint density at radius 2 is 2.44 bits per heavy atom. The second kappa shape index (κ2) is 4.38. The molecule has 1 aliphatic heterocycles. The van der Waals surface area contributed by atoms with Crippen LogP contribution in [0, 0.1) is 5.92 Å². The SMILES string of the molecule is O=C(O)C1CCC(=O)N(Cc2ccoc2)C1. The van der Waals surface area contributed by atoms with Gasteiger partial charge in [-0.2, -0.15) is 0 Å². The number of nitrogens with zero attached hydrogens (tertiary/aromatic N) is 1. The first-order valence-corrected chi connectivity index (χ1v) is 5.18. The van der Waals surface area contributed by atoms with Crippen LogP contribution in [0.15, 0.2) is 23.0 Å². The van der Waals surface area contributed by atoms with Crippen molar-refractivity contribution >= 4 is 11.9 Å². The zero-order chi connectivity index (χ0) is 11.5. The van der Waals surface area contributed by atoms with Crippen molar-refractivity contribution in [2.45, 2.75) is 19.4 Å². The molecule has 1 aromatic heterocycles. The molecular weight excluding hydrogens is 210 g/mol. The third-order valence-corrected chi connectivity index (χ3v) is 2.80. The summed E-state index contributed by atoms with van der Waals surface area (Å²) in [7, 11) is 0. The Kier molecular flexibility index (Phi) is 2.94. The molecular formula is C11H13NO4. The van der Waals surface area contributed by atoms with Gasteiger partial charge >= 0.3 is 5.97 Å². The summed E-state index contributed by atoms with van der Waals surface area (Å²) in [6, 6.07) is 1.78. The number of hydrogen-bond acceptors (Lipinski definition) is 3. The lowest BCUT2D eigenvalue weighted by Crippen LogP contribution is -2.41. The summed E-state index contributed by atoms with van der Waals surface area (Å²) >= 11 is 0. The molecule has 1 atom stereocenters. The van der Waals surface area contributed by atoms with E-state index < -0.39 is 11.9 Å². The van der Waals surface area contributed by atoms with Crippen LogP contribution in [0.1, 0.15) is 18.4 Å². The number of rotatable bonds is 3. The van der Waals surface area contributed by atoms with Crippen LogP contribution in [-0.2, 0) is 16.1 Å². The molecule has 1 unspecified atom stereocenters. The molecule has 1 N–H and O–H groups in total. The highest BCUT2D eigenvalue weighted by Crippen LogP contribution is 2.19. The topological polar surface area (TPSA) is 70.8 Å². The van der Waals surface area contributed by atoms with Crippen molar-refractivity contribution in [2.75, 3.05) is 6.54 Å². The van der Waals surface area contributed by atoms with Crippen LogP contribution >= 0.6 is 0 Å². The minimum atomic E-state index is -0.829. The number of piperidine rings is 1. The van der Waals surface area contributed by atoms with Gasteiger partial charge in [-0.1, -0.05) is 0 Å². The van der Waals surface area contributed by atoms with Crippen molar-refractivity contribution in [3.8, 4) is 0 Å². The molecule has 1 saturated heterocycles. The number of aliphatic carboxylic acids is 1. The fourth-order valence-electron chi connectivity index (χ4n) is 1.87.